The summed E-state index contributed by atoms with van der Waals surface area (Å²) in [7, 11) is 0. The van der Waals surface area contributed by atoms with E-state index < -0.39 is 0 Å². The van der Waals surface area contributed by atoms with E-state index in [9.17, 15) is 9.18 Å². The maximum Gasteiger partial charge on any atom is 0.228 e. The van der Waals surface area contributed by atoms with Crippen LogP contribution in [0.4, 0.5) is 10.2 Å². The number of piperidine rings is 1. The molecular formula is C24H28FN5O. The van der Waals surface area contributed by atoms with E-state index in [1.54, 1.807) is 18.3 Å². The molecule has 1 aliphatic rings. The van der Waals surface area contributed by atoms with E-state index >= 15 is 0 Å². The highest BCUT2D eigenvalue weighted by Crippen LogP contribution is 2.23. The normalized spacial score (nSPS) is 15.2. The molecule has 1 fully saturated rings. The van der Waals surface area contributed by atoms with E-state index in [0.717, 1.165) is 38.9 Å². The first-order valence-corrected chi connectivity index (χ1v) is 10.9. The van der Waals surface area contributed by atoms with Gasteiger partial charge in [-0.1, -0.05) is 37.3 Å². The van der Waals surface area contributed by atoms with Crippen LogP contribution in [-0.4, -0.2) is 51.5 Å². The Morgan fingerprint density at radius 2 is 1.81 bits per heavy atom. The maximum atomic E-state index is 13.2. The first-order valence-electron chi connectivity index (χ1n) is 10.9. The molecule has 0 spiro atoms. The molecule has 162 valence electrons. The molecular weight excluding hydrogens is 393 g/mol. The van der Waals surface area contributed by atoms with Crippen molar-refractivity contribution in [1.29, 1.82) is 0 Å². The molecule has 0 bridgehead atoms. The van der Waals surface area contributed by atoms with Gasteiger partial charge in [0.05, 0.1) is 11.9 Å². The first-order chi connectivity index (χ1) is 15.1. The smallest absolute Gasteiger partial charge is 0.228 e. The molecule has 0 aliphatic carbocycles. The van der Waals surface area contributed by atoms with Crippen molar-refractivity contribution >= 4 is 11.7 Å². The van der Waals surface area contributed by atoms with Crippen LogP contribution in [0.5, 0.6) is 0 Å². The third kappa shape index (κ3) is 5.17. The van der Waals surface area contributed by atoms with E-state index in [4.69, 9.17) is 0 Å². The number of hydrogen-bond donors (Lipinski definition) is 0. The summed E-state index contributed by atoms with van der Waals surface area (Å²) in [6.45, 7) is 4.81. The van der Waals surface area contributed by atoms with E-state index in [1.165, 1.54) is 22.5 Å². The molecule has 0 atom stereocenters. The van der Waals surface area contributed by atoms with Crippen molar-refractivity contribution in [1.82, 2.24) is 19.9 Å². The Balaban J connectivity index is 1.41. The minimum absolute atomic E-state index is 0.0499. The van der Waals surface area contributed by atoms with Crippen molar-refractivity contribution in [2.75, 3.05) is 24.5 Å². The minimum Gasteiger partial charge on any atom is -0.303 e. The van der Waals surface area contributed by atoms with Crippen molar-refractivity contribution in [3.63, 3.8) is 0 Å². The van der Waals surface area contributed by atoms with Gasteiger partial charge in [0.2, 0.25) is 5.91 Å². The van der Waals surface area contributed by atoms with Crippen molar-refractivity contribution < 1.29 is 9.18 Å². The van der Waals surface area contributed by atoms with Gasteiger partial charge in [-0.25, -0.2) is 4.39 Å². The van der Waals surface area contributed by atoms with E-state index in [1.807, 2.05) is 17.9 Å². The summed E-state index contributed by atoms with van der Waals surface area (Å²) >= 11 is 0. The van der Waals surface area contributed by atoms with Crippen LogP contribution in [0.2, 0.25) is 0 Å². The zero-order chi connectivity index (χ0) is 21.6. The average Bonchev–Trinajstić information content (AvgIpc) is 3.29. The summed E-state index contributed by atoms with van der Waals surface area (Å²) in [5, 5.41) is 8.83. The summed E-state index contributed by atoms with van der Waals surface area (Å²) < 4.78 is 13.2. The third-order valence-electron chi connectivity index (χ3n) is 5.84. The fourth-order valence-corrected chi connectivity index (χ4v) is 4.09. The van der Waals surface area contributed by atoms with Crippen LogP contribution in [0, 0.1) is 5.82 Å². The van der Waals surface area contributed by atoms with E-state index in [0.29, 0.717) is 17.9 Å². The molecule has 0 unspecified atom stereocenters. The monoisotopic (exact) mass is 421 g/mol. The average molecular weight is 422 g/mol. The summed E-state index contributed by atoms with van der Waals surface area (Å²) in [6.07, 6.45) is 4.89. The molecule has 3 aromatic rings. The molecule has 0 saturated carbocycles. The van der Waals surface area contributed by atoms with Gasteiger partial charge in [-0.2, -0.15) is 5.10 Å². The largest absolute Gasteiger partial charge is 0.303 e. The summed E-state index contributed by atoms with van der Waals surface area (Å²) in [5.41, 5.74) is 2.01. The number of carbonyl (C=O) groups is 1. The first kappa shape index (κ1) is 21.2. The van der Waals surface area contributed by atoms with Gasteiger partial charge in [-0.3, -0.25) is 9.69 Å². The van der Waals surface area contributed by atoms with Gasteiger partial charge < -0.3 is 4.90 Å². The number of halogens is 1. The van der Waals surface area contributed by atoms with Gasteiger partial charge in [0.1, 0.15) is 5.82 Å². The molecule has 7 heteroatoms. The van der Waals surface area contributed by atoms with Crippen LogP contribution in [-0.2, 0) is 11.2 Å². The van der Waals surface area contributed by atoms with Crippen molar-refractivity contribution in [3.05, 3.63) is 72.2 Å². The Morgan fingerprint density at radius 1 is 1.10 bits per heavy atom. The minimum atomic E-state index is -0.307. The lowest BCUT2D eigenvalue weighted by atomic mass is 10.0. The van der Waals surface area contributed by atoms with Crippen LogP contribution in [0.3, 0.4) is 0 Å². The highest BCUT2D eigenvalue weighted by atomic mass is 19.1. The highest BCUT2D eigenvalue weighted by molar-refractivity contribution is 5.92. The Morgan fingerprint density at radius 3 is 2.48 bits per heavy atom. The van der Waals surface area contributed by atoms with Crippen LogP contribution in [0.25, 0.3) is 5.69 Å². The number of benzene rings is 2. The van der Waals surface area contributed by atoms with Crippen LogP contribution < -0.4 is 4.90 Å². The van der Waals surface area contributed by atoms with Gasteiger partial charge in [-0.15, -0.1) is 9.90 Å². The van der Waals surface area contributed by atoms with Crippen LogP contribution >= 0.6 is 0 Å². The Labute approximate surface area is 182 Å². The predicted molar refractivity (Wildman–Crippen MR) is 119 cm³/mol. The number of carbonyl (C=O) groups excluding carboxylic acids is 1. The van der Waals surface area contributed by atoms with Crippen molar-refractivity contribution in [3.8, 4) is 5.69 Å². The molecule has 0 N–H and O–H groups in total. The summed E-state index contributed by atoms with van der Waals surface area (Å²) in [5.74, 6) is 0.297. The quantitative estimate of drug-likeness (QED) is 0.581. The number of nitrogens with zero attached hydrogens (tertiary/aromatic N) is 5. The van der Waals surface area contributed by atoms with E-state index in [-0.39, 0.29) is 17.8 Å². The summed E-state index contributed by atoms with van der Waals surface area (Å²) in [6, 6.07) is 16.6. The van der Waals surface area contributed by atoms with E-state index in [2.05, 4.69) is 39.4 Å². The maximum absolute atomic E-state index is 13.2. The summed E-state index contributed by atoms with van der Waals surface area (Å²) in [4.78, 5) is 18.5. The zero-order valence-corrected chi connectivity index (χ0v) is 17.8. The molecule has 1 aromatic heterocycles. The second kappa shape index (κ2) is 9.83. The molecule has 0 radical (unpaired) electrons. The van der Waals surface area contributed by atoms with Crippen LogP contribution in [0.1, 0.15) is 31.7 Å². The highest BCUT2D eigenvalue weighted by Gasteiger charge is 2.30. The van der Waals surface area contributed by atoms with Crippen molar-refractivity contribution in [2.45, 2.75) is 38.6 Å². The van der Waals surface area contributed by atoms with Crippen molar-refractivity contribution in [2.24, 2.45) is 0 Å². The fourth-order valence-electron chi connectivity index (χ4n) is 4.09. The third-order valence-corrected chi connectivity index (χ3v) is 5.84. The van der Waals surface area contributed by atoms with Crippen LogP contribution in [0.15, 0.2) is 60.8 Å². The number of anilines is 1. The Kier molecular flexibility index (Phi) is 6.72. The number of hydrogen-bond acceptors (Lipinski definition) is 4. The zero-order valence-electron chi connectivity index (χ0n) is 17.8. The van der Waals surface area contributed by atoms with Gasteiger partial charge in [-0.05, 0) is 49.1 Å². The number of rotatable bonds is 7. The number of aromatic nitrogens is 3. The van der Waals surface area contributed by atoms with Gasteiger partial charge in [0.25, 0.3) is 0 Å². The molecule has 31 heavy (non-hydrogen) atoms. The standard InChI is InChI=1S/C24H28FN5O/c1-2-24(31)29(23-18-26-30(27-23)22-10-8-20(25)9-11-22)21-13-16-28(17-14-21)15-12-19-6-4-3-5-7-19/h3-11,18,21H,2,12-17H2,1H3. The molecule has 6 nitrogen and oxygen atoms in total. The predicted octanol–water partition coefficient (Wildman–Crippen LogP) is 3.86. The Hall–Kier alpha value is -3.06. The second-order valence-corrected chi connectivity index (χ2v) is 7.89. The molecule has 2 heterocycles. The van der Waals surface area contributed by atoms with Gasteiger partial charge in [0, 0.05) is 32.1 Å². The SMILES string of the molecule is CCC(=O)N(c1cnn(-c2ccc(F)cc2)n1)C1CCN(CCc2ccccc2)CC1. The molecule has 2 aromatic carbocycles. The molecule has 1 amide bonds. The molecule has 1 saturated heterocycles. The lowest BCUT2D eigenvalue weighted by Crippen LogP contribution is -2.48. The topological polar surface area (TPSA) is 54.3 Å². The number of amides is 1. The molecule has 1 aliphatic heterocycles. The van der Waals surface area contributed by atoms with Gasteiger partial charge >= 0.3 is 0 Å². The number of likely N-dealkylation sites (tertiary alicyclic amines) is 1. The van der Waals surface area contributed by atoms with Gasteiger partial charge in [0.15, 0.2) is 5.82 Å². The Bertz CT molecular complexity index is 981. The fraction of sp³-hybridized carbons (Fsp3) is 0.375. The lowest BCUT2D eigenvalue weighted by Gasteiger charge is -2.37. The molecule has 4 rings (SSSR count). The second-order valence-electron chi connectivity index (χ2n) is 7.89. The lowest BCUT2D eigenvalue weighted by molar-refractivity contribution is -0.119.